The highest BCUT2D eigenvalue weighted by atomic mass is 32.2. The van der Waals surface area contributed by atoms with Crippen molar-refractivity contribution in [2.75, 3.05) is 37.9 Å². The van der Waals surface area contributed by atoms with Crippen LogP contribution >= 0.6 is 11.8 Å². The molecule has 17 nitrogen and oxygen atoms in total. The molecule has 0 spiro atoms. The summed E-state index contributed by atoms with van der Waals surface area (Å²) in [5, 5.41) is 122. The number of carbonyl (C=O) groups is 1. The van der Waals surface area contributed by atoms with Gasteiger partial charge in [-0.15, -0.1) is 0 Å². The first-order valence-electron chi connectivity index (χ1n) is 21.5. The summed E-state index contributed by atoms with van der Waals surface area (Å²) in [5.41, 5.74) is -5.79. The standard InChI is InChI=1S/C40H75NO16S/c1-3-4-5-6-7-8-9-10-11-12-13-14-15-16-17-18-20-58-21-19-54-38-29(41-25(2)45)34(50)39(52,28(24-44)57-38)37-33(49)35(51)40(53,27(23-43)56-37)36-32(48)31(47)30(46)26(22-42)55-36/h26-38,42-44,46-53H,3-24H2,1-2H3,(H,41,45)/t26-,27-,28-,29+,30+,31+,32-,33-,34-,35-,36-,37-,38+,39-,40+/m1/s1. The highest BCUT2D eigenvalue weighted by Crippen LogP contribution is 2.45. The Labute approximate surface area is 347 Å². The minimum atomic E-state index is -2.95. The predicted molar refractivity (Wildman–Crippen MR) is 214 cm³/mol. The largest absolute Gasteiger partial charge is 0.394 e. The molecule has 0 bridgehead atoms. The van der Waals surface area contributed by atoms with Gasteiger partial charge in [0.2, 0.25) is 5.91 Å². The summed E-state index contributed by atoms with van der Waals surface area (Å²) in [7, 11) is 0. The average molecular weight is 858 g/mol. The molecular weight excluding hydrogens is 782 g/mol. The molecule has 3 heterocycles. The van der Waals surface area contributed by atoms with Gasteiger partial charge in [0, 0.05) is 12.7 Å². The number of carbonyl (C=O) groups excluding carboxylic acids is 1. The molecule has 15 atom stereocenters. The molecule has 342 valence electrons. The van der Waals surface area contributed by atoms with Crippen molar-refractivity contribution in [3.63, 3.8) is 0 Å². The Morgan fingerprint density at radius 3 is 1.59 bits per heavy atom. The van der Waals surface area contributed by atoms with E-state index in [0.29, 0.717) is 5.75 Å². The van der Waals surface area contributed by atoms with E-state index in [9.17, 15) is 61.0 Å². The number of nitrogens with one attached hydrogen (secondary N) is 1. The van der Waals surface area contributed by atoms with E-state index in [0.717, 1.165) is 25.5 Å². The van der Waals surface area contributed by atoms with Crippen LogP contribution in [0.3, 0.4) is 0 Å². The van der Waals surface area contributed by atoms with Crippen LogP contribution in [-0.2, 0) is 23.7 Å². The number of aliphatic hydroxyl groups is 11. The molecule has 1 amide bonds. The van der Waals surface area contributed by atoms with Gasteiger partial charge in [-0.2, -0.15) is 11.8 Å². The molecule has 0 aliphatic carbocycles. The lowest BCUT2D eigenvalue weighted by atomic mass is 9.69. The number of aliphatic hydroxyl groups excluding tert-OH is 9. The number of hydrogen-bond donors (Lipinski definition) is 12. The summed E-state index contributed by atoms with van der Waals surface area (Å²) < 4.78 is 22.9. The molecule has 58 heavy (non-hydrogen) atoms. The molecule has 0 radical (unpaired) electrons. The molecule has 0 aromatic heterocycles. The quantitative estimate of drug-likeness (QED) is 0.0458. The second kappa shape index (κ2) is 26.0. The summed E-state index contributed by atoms with van der Waals surface area (Å²) in [4.78, 5) is 12.3. The Balaban J connectivity index is 1.49. The molecular formula is C40H75NO16S. The first kappa shape index (κ1) is 51.6. The fraction of sp³-hybridized carbons (Fsp3) is 0.975. The van der Waals surface area contributed by atoms with E-state index in [4.69, 9.17) is 18.9 Å². The van der Waals surface area contributed by atoms with E-state index in [2.05, 4.69) is 12.2 Å². The molecule has 18 heteroatoms. The minimum Gasteiger partial charge on any atom is -0.394 e. The Bertz CT molecular complexity index is 1140. The summed E-state index contributed by atoms with van der Waals surface area (Å²) in [6.07, 6.45) is -3.17. The van der Waals surface area contributed by atoms with Crippen LogP contribution in [0.4, 0.5) is 0 Å². The second-order valence-electron chi connectivity index (χ2n) is 16.3. The van der Waals surface area contributed by atoms with Crippen LogP contribution in [0.2, 0.25) is 0 Å². The van der Waals surface area contributed by atoms with Crippen molar-refractivity contribution in [1.29, 1.82) is 0 Å². The lowest BCUT2D eigenvalue weighted by Gasteiger charge is -2.59. The molecule has 3 rings (SSSR count). The molecule has 3 aliphatic rings. The van der Waals surface area contributed by atoms with Crippen molar-refractivity contribution < 1.29 is 79.9 Å². The summed E-state index contributed by atoms with van der Waals surface area (Å²) in [6, 6.07) is -1.50. The summed E-state index contributed by atoms with van der Waals surface area (Å²) >= 11 is 1.66. The number of unbranched alkanes of at least 4 members (excludes halogenated alkanes) is 15. The van der Waals surface area contributed by atoms with E-state index in [1.165, 1.54) is 89.9 Å². The maximum atomic E-state index is 12.3. The van der Waals surface area contributed by atoms with Gasteiger partial charge in [0.15, 0.2) is 6.29 Å². The van der Waals surface area contributed by atoms with Crippen molar-refractivity contribution in [3.8, 4) is 0 Å². The van der Waals surface area contributed by atoms with Gasteiger partial charge in [-0.05, 0) is 12.2 Å². The lowest BCUT2D eigenvalue weighted by molar-refractivity contribution is -0.385. The Kier molecular flexibility index (Phi) is 23.1. The number of hydrogen-bond acceptors (Lipinski definition) is 17. The Morgan fingerprint density at radius 2 is 1.09 bits per heavy atom. The maximum absolute atomic E-state index is 12.3. The van der Waals surface area contributed by atoms with Gasteiger partial charge in [-0.1, -0.05) is 103 Å². The minimum absolute atomic E-state index is 0.119. The normalized spacial score (nSPS) is 38.2. The fourth-order valence-corrected chi connectivity index (χ4v) is 9.36. The van der Waals surface area contributed by atoms with Crippen molar-refractivity contribution in [3.05, 3.63) is 0 Å². The van der Waals surface area contributed by atoms with Gasteiger partial charge in [0.1, 0.15) is 84.4 Å². The number of rotatable bonds is 27. The van der Waals surface area contributed by atoms with Crippen LogP contribution in [0.1, 0.15) is 117 Å². The number of ether oxygens (including phenoxy) is 4. The monoisotopic (exact) mass is 857 g/mol. The number of amides is 1. The van der Waals surface area contributed by atoms with Gasteiger partial charge >= 0.3 is 0 Å². The maximum Gasteiger partial charge on any atom is 0.217 e. The van der Waals surface area contributed by atoms with E-state index >= 15 is 0 Å². The van der Waals surface area contributed by atoms with E-state index < -0.39 is 116 Å². The van der Waals surface area contributed by atoms with Gasteiger partial charge < -0.3 is 80.4 Å². The third-order valence-corrected chi connectivity index (χ3v) is 13.0. The van der Waals surface area contributed by atoms with Gasteiger partial charge in [-0.3, -0.25) is 4.79 Å². The molecule has 3 aliphatic heterocycles. The van der Waals surface area contributed by atoms with E-state index in [1.54, 1.807) is 11.8 Å². The van der Waals surface area contributed by atoms with Gasteiger partial charge in [0.25, 0.3) is 0 Å². The van der Waals surface area contributed by atoms with Crippen molar-refractivity contribution in [2.45, 2.75) is 207 Å². The zero-order valence-corrected chi connectivity index (χ0v) is 35.2. The average Bonchev–Trinajstić information content (AvgIpc) is 3.20. The Morgan fingerprint density at radius 1 is 0.603 bits per heavy atom. The lowest BCUT2D eigenvalue weighted by Crippen LogP contribution is -2.83. The van der Waals surface area contributed by atoms with Crippen LogP contribution < -0.4 is 5.32 Å². The van der Waals surface area contributed by atoms with Crippen molar-refractivity contribution in [1.82, 2.24) is 5.32 Å². The fourth-order valence-electron chi connectivity index (χ4n) is 8.53. The van der Waals surface area contributed by atoms with Crippen LogP contribution in [-0.4, -0.2) is 191 Å². The molecule has 0 unspecified atom stereocenters. The first-order valence-corrected chi connectivity index (χ1v) is 22.7. The van der Waals surface area contributed by atoms with Gasteiger partial charge in [0.05, 0.1) is 26.4 Å². The highest BCUT2D eigenvalue weighted by molar-refractivity contribution is 7.99. The molecule has 3 fully saturated rings. The third-order valence-electron chi connectivity index (χ3n) is 12.0. The zero-order chi connectivity index (χ0) is 42.9. The topological polar surface area (TPSA) is 289 Å². The van der Waals surface area contributed by atoms with E-state index in [-0.39, 0.29) is 6.61 Å². The predicted octanol–water partition coefficient (Wildman–Crippen LogP) is -0.633. The van der Waals surface area contributed by atoms with Crippen LogP contribution in [0, 0.1) is 0 Å². The second-order valence-corrected chi connectivity index (χ2v) is 17.5. The smallest absolute Gasteiger partial charge is 0.217 e. The first-order chi connectivity index (χ1) is 27.7. The number of thioether (sulfide) groups is 1. The molecule has 12 N–H and O–H groups in total. The van der Waals surface area contributed by atoms with E-state index in [1.807, 2.05) is 0 Å². The molecule has 0 aromatic rings. The van der Waals surface area contributed by atoms with Crippen LogP contribution in [0.15, 0.2) is 0 Å². The Hall–Kier alpha value is -0.780. The van der Waals surface area contributed by atoms with Crippen molar-refractivity contribution >= 4 is 17.7 Å². The third kappa shape index (κ3) is 13.1. The molecule has 0 aromatic carbocycles. The van der Waals surface area contributed by atoms with Crippen LogP contribution in [0.5, 0.6) is 0 Å². The SMILES string of the molecule is CCCCCCCCCCCCCCCCCCSCCO[C@H]1O[C@H](CO)[C@](O)([C@@H]2O[C@H](CO)[C@@](O)([C@@H]3O[C@H](CO)[C@H](O)[C@H](O)[C@H]3O)[C@H](O)[C@H]2O)[C@H](O)[C@@H]1NC(C)=O. The van der Waals surface area contributed by atoms with Gasteiger partial charge in [-0.25, -0.2) is 0 Å². The van der Waals surface area contributed by atoms with Crippen molar-refractivity contribution in [2.24, 2.45) is 0 Å². The highest BCUT2D eigenvalue weighted by Gasteiger charge is 2.70. The molecule has 3 saturated heterocycles. The summed E-state index contributed by atoms with van der Waals surface area (Å²) in [5.74, 6) is 0.797. The van der Waals surface area contributed by atoms with Crippen LogP contribution in [0.25, 0.3) is 0 Å². The molecule has 0 saturated carbocycles. The summed E-state index contributed by atoms with van der Waals surface area (Å²) in [6.45, 7) is 0.481. The zero-order valence-electron chi connectivity index (χ0n) is 34.4.